The highest BCUT2D eigenvalue weighted by Gasteiger charge is 2.25. The van der Waals surface area contributed by atoms with Gasteiger partial charge in [-0.25, -0.2) is 13.1 Å². The van der Waals surface area contributed by atoms with Crippen LogP contribution in [0.1, 0.15) is 5.56 Å². The largest absolute Gasteiger partial charge is 0.495 e. The van der Waals surface area contributed by atoms with E-state index < -0.39 is 14.9 Å². The molecule has 2 aromatic rings. The molecule has 0 amide bonds. The molecule has 26 heavy (non-hydrogen) atoms. The molecular weight excluding hydrogens is 360 g/mol. The van der Waals surface area contributed by atoms with Crippen LogP contribution in [0.25, 0.3) is 0 Å². The lowest BCUT2D eigenvalue weighted by Gasteiger charge is -2.25. The van der Waals surface area contributed by atoms with Gasteiger partial charge < -0.3 is 9.47 Å². The molecule has 1 unspecified atom stereocenters. The molecule has 0 radical (unpaired) electrons. The van der Waals surface area contributed by atoms with Crippen molar-refractivity contribution in [2.75, 3.05) is 20.3 Å². The van der Waals surface area contributed by atoms with Crippen LogP contribution in [0.5, 0.6) is 11.5 Å². The SMILES string of the molecule is COc1cc([N+](=O)[O-])ccc1S(=O)(=O)NCC1COc2ccccc2C1. The molecule has 0 saturated carbocycles. The Bertz CT molecular complexity index is 929. The van der Waals surface area contributed by atoms with Gasteiger partial charge in [-0.2, -0.15) is 0 Å². The molecule has 8 nitrogen and oxygen atoms in total. The minimum absolute atomic E-state index is 0.0104. The summed E-state index contributed by atoms with van der Waals surface area (Å²) in [5, 5.41) is 10.8. The van der Waals surface area contributed by atoms with Crippen molar-refractivity contribution < 1.29 is 22.8 Å². The standard InChI is InChI=1S/C17H18N2O6S/c1-24-16-9-14(19(20)21)6-7-17(16)26(22,23)18-10-12-8-13-4-2-3-5-15(13)25-11-12/h2-7,9,12,18H,8,10-11H2,1H3. The topological polar surface area (TPSA) is 108 Å². The number of nitro groups is 1. The molecule has 0 fully saturated rings. The van der Waals surface area contributed by atoms with Gasteiger partial charge in [0.15, 0.2) is 0 Å². The maximum Gasteiger partial charge on any atom is 0.273 e. The minimum Gasteiger partial charge on any atom is -0.495 e. The van der Waals surface area contributed by atoms with Gasteiger partial charge in [0.2, 0.25) is 10.0 Å². The maximum absolute atomic E-state index is 12.6. The Morgan fingerprint density at radius 1 is 1.31 bits per heavy atom. The predicted molar refractivity (Wildman–Crippen MR) is 94.0 cm³/mol. The van der Waals surface area contributed by atoms with E-state index in [1.54, 1.807) is 0 Å². The summed E-state index contributed by atoms with van der Waals surface area (Å²) in [4.78, 5) is 10.1. The van der Waals surface area contributed by atoms with Crippen LogP contribution in [0.15, 0.2) is 47.4 Å². The number of non-ortho nitro benzene ring substituents is 1. The number of hydrogen-bond acceptors (Lipinski definition) is 6. The van der Waals surface area contributed by atoms with Gasteiger partial charge in [-0.1, -0.05) is 18.2 Å². The summed E-state index contributed by atoms with van der Waals surface area (Å²) in [5.41, 5.74) is 0.800. The van der Waals surface area contributed by atoms with Crippen LogP contribution >= 0.6 is 0 Å². The lowest BCUT2D eigenvalue weighted by atomic mass is 9.97. The second kappa shape index (κ2) is 7.30. The van der Waals surface area contributed by atoms with Crippen molar-refractivity contribution in [1.29, 1.82) is 0 Å². The van der Waals surface area contributed by atoms with E-state index in [1.165, 1.54) is 13.2 Å². The molecule has 1 aliphatic heterocycles. The predicted octanol–water partition coefficient (Wildman–Crippen LogP) is 2.13. The fourth-order valence-corrected chi connectivity index (χ4v) is 4.08. The molecule has 1 atom stereocenters. The molecule has 0 bridgehead atoms. The Morgan fingerprint density at radius 2 is 2.08 bits per heavy atom. The number of fused-ring (bicyclic) bond motifs is 1. The molecule has 9 heteroatoms. The van der Waals surface area contributed by atoms with Crippen molar-refractivity contribution >= 4 is 15.7 Å². The number of para-hydroxylation sites is 1. The van der Waals surface area contributed by atoms with E-state index in [0.29, 0.717) is 13.0 Å². The smallest absolute Gasteiger partial charge is 0.273 e. The third kappa shape index (κ3) is 3.78. The third-order valence-electron chi connectivity index (χ3n) is 4.17. The first-order valence-electron chi connectivity index (χ1n) is 7.93. The number of sulfonamides is 1. The van der Waals surface area contributed by atoms with Crippen molar-refractivity contribution in [3.05, 3.63) is 58.1 Å². The molecular formula is C17H18N2O6S. The molecule has 2 aromatic carbocycles. The number of methoxy groups -OCH3 is 1. The quantitative estimate of drug-likeness (QED) is 0.609. The van der Waals surface area contributed by atoms with Crippen molar-refractivity contribution in [1.82, 2.24) is 4.72 Å². The summed E-state index contributed by atoms with van der Waals surface area (Å²) in [5.74, 6) is 0.740. The number of ether oxygens (including phenoxy) is 2. The Kier molecular flexibility index (Phi) is 5.10. The number of hydrogen-bond donors (Lipinski definition) is 1. The van der Waals surface area contributed by atoms with Gasteiger partial charge in [-0.3, -0.25) is 10.1 Å². The highest BCUT2D eigenvalue weighted by atomic mass is 32.2. The summed E-state index contributed by atoms with van der Waals surface area (Å²) in [6, 6.07) is 11.0. The number of rotatable bonds is 6. The van der Waals surface area contributed by atoms with E-state index in [0.717, 1.165) is 23.4 Å². The summed E-state index contributed by atoms with van der Waals surface area (Å²) in [6.07, 6.45) is 0.704. The number of nitrogens with one attached hydrogen (secondary N) is 1. The molecule has 1 heterocycles. The van der Waals surface area contributed by atoms with E-state index in [-0.39, 0.29) is 28.8 Å². The zero-order valence-corrected chi connectivity index (χ0v) is 14.9. The molecule has 1 N–H and O–H groups in total. The highest BCUT2D eigenvalue weighted by Crippen LogP contribution is 2.29. The van der Waals surface area contributed by atoms with Gasteiger partial charge in [0, 0.05) is 18.5 Å². The Morgan fingerprint density at radius 3 is 2.81 bits per heavy atom. The van der Waals surface area contributed by atoms with E-state index in [4.69, 9.17) is 9.47 Å². The average Bonchev–Trinajstić information content (AvgIpc) is 2.65. The van der Waals surface area contributed by atoms with Gasteiger partial charge in [0.1, 0.15) is 16.4 Å². The lowest BCUT2D eigenvalue weighted by molar-refractivity contribution is -0.385. The summed E-state index contributed by atoms with van der Waals surface area (Å²) in [6.45, 7) is 0.605. The zero-order chi connectivity index (χ0) is 18.7. The van der Waals surface area contributed by atoms with Crippen LogP contribution in [0.4, 0.5) is 5.69 Å². The molecule has 138 valence electrons. The van der Waals surface area contributed by atoms with Crippen LogP contribution in [-0.4, -0.2) is 33.6 Å². The van der Waals surface area contributed by atoms with Crippen LogP contribution in [0.3, 0.4) is 0 Å². The Hall–Kier alpha value is -2.65. The second-order valence-electron chi connectivity index (χ2n) is 5.93. The first kappa shape index (κ1) is 18.2. The Balaban J connectivity index is 1.73. The summed E-state index contributed by atoms with van der Waals surface area (Å²) >= 11 is 0. The normalized spacial score (nSPS) is 16.4. The first-order valence-corrected chi connectivity index (χ1v) is 9.42. The number of benzene rings is 2. The number of nitro benzene ring substituents is 1. The maximum atomic E-state index is 12.6. The van der Waals surface area contributed by atoms with Crippen molar-refractivity contribution in [3.63, 3.8) is 0 Å². The van der Waals surface area contributed by atoms with E-state index in [9.17, 15) is 18.5 Å². The molecule has 0 aliphatic carbocycles. The fourth-order valence-electron chi connectivity index (χ4n) is 2.82. The molecule has 1 aliphatic rings. The lowest BCUT2D eigenvalue weighted by Crippen LogP contribution is -2.35. The number of nitrogens with zero attached hydrogens (tertiary/aromatic N) is 1. The monoisotopic (exact) mass is 378 g/mol. The first-order chi connectivity index (χ1) is 12.4. The van der Waals surface area contributed by atoms with Gasteiger partial charge in [-0.05, 0) is 24.1 Å². The highest BCUT2D eigenvalue weighted by molar-refractivity contribution is 7.89. The fraction of sp³-hybridized carbons (Fsp3) is 0.294. The van der Waals surface area contributed by atoms with E-state index in [2.05, 4.69) is 4.72 Å². The van der Waals surface area contributed by atoms with Crippen molar-refractivity contribution in [2.24, 2.45) is 5.92 Å². The van der Waals surface area contributed by atoms with Gasteiger partial charge >= 0.3 is 0 Å². The average molecular weight is 378 g/mol. The molecule has 3 rings (SSSR count). The minimum atomic E-state index is -3.88. The van der Waals surface area contributed by atoms with E-state index in [1.807, 2.05) is 24.3 Å². The second-order valence-corrected chi connectivity index (χ2v) is 7.67. The van der Waals surface area contributed by atoms with Crippen molar-refractivity contribution in [3.8, 4) is 11.5 Å². The van der Waals surface area contributed by atoms with Crippen molar-refractivity contribution in [2.45, 2.75) is 11.3 Å². The Labute approximate surface area is 150 Å². The van der Waals surface area contributed by atoms with Crippen LogP contribution in [0.2, 0.25) is 0 Å². The molecule has 0 saturated heterocycles. The summed E-state index contributed by atoms with van der Waals surface area (Å²) < 4.78 is 38.4. The molecule has 0 spiro atoms. The third-order valence-corrected chi connectivity index (χ3v) is 5.63. The van der Waals surface area contributed by atoms with E-state index >= 15 is 0 Å². The van der Waals surface area contributed by atoms with Crippen LogP contribution < -0.4 is 14.2 Å². The van der Waals surface area contributed by atoms with Crippen LogP contribution in [-0.2, 0) is 16.4 Å². The molecule has 0 aromatic heterocycles. The zero-order valence-electron chi connectivity index (χ0n) is 14.0. The van der Waals surface area contributed by atoms with Gasteiger partial charge in [0.25, 0.3) is 5.69 Å². The van der Waals surface area contributed by atoms with Gasteiger partial charge in [-0.15, -0.1) is 0 Å². The summed E-state index contributed by atoms with van der Waals surface area (Å²) in [7, 11) is -2.61. The van der Waals surface area contributed by atoms with Crippen LogP contribution in [0, 0.1) is 16.0 Å². The van der Waals surface area contributed by atoms with Gasteiger partial charge in [0.05, 0.1) is 24.7 Å².